The molecular weight excluding hydrogens is 268 g/mol. The quantitative estimate of drug-likeness (QED) is 0.843. The van der Waals surface area contributed by atoms with Crippen LogP contribution in [0.25, 0.3) is 0 Å². The first-order valence-electron chi connectivity index (χ1n) is 7.01. The predicted octanol–water partition coefficient (Wildman–Crippen LogP) is 3.48. The van der Waals surface area contributed by atoms with Crippen LogP contribution in [0.15, 0.2) is 65.6 Å². The Kier molecular flexibility index (Phi) is 3.62. The van der Waals surface area contributed by atoms with Gasteiger partial charge in [-0.3, -0.25) is 0 Å². The van der Waals surface area contributed by atoms with E-state index in [1.807, 2.05) is 24.3 Å². The van der Waals surface area contributed by atoms with Gasteiger partial charge in [0.25, 0.3) is 0 Å². The van der Waals surface area contributed by atoms with Gasteiger partial charge in [0, 0.05) is 0 Å². The van der Waals surface area contributed by atoms with E-state index < -0.39 is 9.84 Å². The minimum absolute atomic E-state index is 0.173. The Morgan fingerprint density at radius 1 is 0.900 bits per heavy atom. The lowest BCUT2D eigenvalue weighted by Crippen LogP contribution is -2.09. The fraction of sp³-hybridized carbons (Fsp3) is 0.294. The SMILES string of the molecule is O=S(=O)(c1ccccc1)[C@@H]1C[C@@H]1CCc1ccccc1. The zero-order valence-electron chi connectivity index (χ0n) is 11.3. The minimum Gasteiger partial charge on any atom is -0.223 e. The summed E-state index contributed by atoms with van der Waals surface area (Å²) in [5, 5.41) is -0.173. The molecule has 0 saturated heterocycles. The van der Waals surface area contributed by atoms with Crippen molar-refractivity contribution in [3.63, 3.8) is 0 Å². The van der Waals surface area contributed by atoms with Crippen LogP contribution in [0.4, 0.5) is 0 Å². The van der Waals surface area contributed by atoms with Crippen LogP contribution in [0.1, 0.15) is 18.4 Å². The number of sulfone groups is 1. The maximum atomic E-state index is 12.4. The molecule has 0 radical (unpaired) electrons. The fourth-order valence-corrected chi connectivity index (χ4v) is 4.71. The number of hydrogen-bond donors (Lipinski definition) is 0. The normalized spacial score (nSPS) is 21.6. The van der Waals surface area contributed by atoms with Gasteiger partial charge in [0.1, 0.15) is 0 Å². The average molecular weight is 286 g/mol. The van der Waals surface area contributed by atoms with E-state index in [9.17, 15) is 8.42 Å². The number of hydrogen-bond acceptors (Lipinski definition) is 2. The van der Waals surface area contributed by atoms with Crippen molar-refractivity contribution in [2.45, 2.75) is 29.4 Å². The lowest BCUT2D eigenvalue weighted by atomic mass is 10.1. The molecule has 1 saturated carbocycles. The third kappa shape index (κ3) is 2.78. The zero-order chi connectivity index (χ0) is 14.0. The number of aryl methyl sites for hydroxylation is 1. The van der Waals surface area contributed by atoms with Crippen LogP contribution in [-0.4, -0.2) is 13.7 Å². The highest BCUT2D eigenvalue weighted by Gasteiger charge is 2.46. The summed E-state index contributed by atoms with van der Waals surface area (Å²) in [6.45, 7) is 0. The molecular formula is C17H18O2S. The van der Waals surface area contributed by atoms with Crippen LogP contribution in [-0.2, 0) is 16.3 Å². The lowest BCUT2D eigenvalue weighted by molar-refractivity contribution is 0.589. The Morgan fingerprint density at radius 2 is 1.50 bits per heavy atom. The molecule has 3 rings (SSSR count). The predicted molar refractivity (Wildman–Crippen MR) is 80.3 cm³/mol. The summed E-state index contributed by atoms with van der Waals surface area (Å²) in [5.41, 5.74) is 1.29. The zero-order valence-corrected chi connectivity index (χ0v) is 12.1. The standard InChI is InChI=1S/C17H18O2S/c18-20(19,16-9-5-2-6-10-16)17-13-15(17)12-11-14-7-3-1-4-8-14/h1-10,15,17H,11-13H2/t15-,17+/m0/s1. The topological polar surface area (TPSA) is 34.1 Å². The largest absolute Gasteiger partial charge is 0.223 e. The molecule has 2 aromatic carbocycles. The molecule has 0 spiro atoms. The molecule has 2 atom stereocenters. The van der Waals surface area contributed by atoms with Crippen molar-refractivity contribution >= 4 is 9.84 Å². The highest BCUT2D eigenvalue weighted by molar-refractivity contribution is 7.92. The Morgan fingerprint density at radius 3 is 2.15 bits per heavy atom. The van der Waals surface area contributed by atoms with Crippen molar-refractivity contribution in [3.8, 4) is 0 Å². The summed E-state index contributed by atoms with van der Waals surface area (Å²) in [5.74, 6) is 0.320. The second-order valence-corrected chi connectivity index (χ2v) is 7.58. The van der Waals surface area contributed by atoms with Gasteiger partial charge in [-0.15, -0.1) is 0 Å². The summed E-state index contributed by atoms with van der Waals surface area (Å²) >= 11 is 0. The first-order chi connectivity index (χ1) is 9.68. The van der Waals surface area contributed by atoms with Gasteiger partial charge in [0.15, 0.2) is 9.84 Å². The van der Waals surface area contributed by atoms with Gasteiger partial charge in [-0.25, -0.2) is 8.42 Å². The number of rotatable bonds is 5. The smallest absolute Gasteiger partial charge is 0.181 e. The summed E-state index contributed by atoms with van der Waals surface area (Å²) in [7, 11) is -3.12. The maximum Gasteiger partial charge on any atom is 0.181 e. The van der Waals surface area contributed by atoms with Crippen LogP contribution >= 0.6 is 0 Å². The second kappa shape index (κ2) is 5.41. The molecule has 0 unspecified atom stereocenters. The van der Waals surface area contributed by atoms with Crippen molar-refractivity contribution in [1.82, 2.24) is 0 Å². The second-order valence-electron chi connectivity index (χ2n) is 5.42. The molecule has 2 nitrogen and oxygen atoms in total. The van der Waals surface area contributed by atoms with Crippen LogP contribution in [0.2, 0.25) is 0 Å². The molecule has 1 aliphatic carbocycles. The molecule has 104 valence electrons. The summed E-state index contributed by atoms with van der Waals surface area (Å²) in [6.07, 6.45) is 2.73. The summed E-state index contributed by atoms with van der Waals surface area (Å²) in [4.78, 5) is 0.465. The number of benzene rings is 2. The Balaban J connectivity index is 1.62. The highest BCUT2D eigenvalue weighted by atomic mass is 32.2. The van der Waals surface area contributed by atoms with Crippen LogP contribution < -0.4 is 0 Å². The van der Waals surface area contributed by atoms with E-state index in [0.717, 1.165) is 19.3 Å². The molecule has 0 aliphatic heterocycles. The van der Waals surface area contributed by atoms with Crippen LogP contribution in [0.5, 0.6) is 0 Å². The Bertz CT molecular complexity index is 663. The molecule has 1 fully saturated rings. The van der Waals surface area contributed by atoms with Crippen molar-refractivity contribution in [2.24, 2.45) is 5.92 Å². The van der Waals surface area contributed by atoms with Crippen molar-refractivity contribution < 1.29 is 8.42 Å². The molecule has 0 N–H and O–H groups in total. The molecule has 3 heteroatoms. The van der Waals surface area contributed by atoms with Gasteiger partial charge >= 0.3 is 0 Å². The Hall–Kier alpha value is -1.61. The van der Waals surface area contributed by atoms with Gasteiger partial charge < -0.3 is 0 Å². The van der Waals surface area contributed by atoms with Crippen molar-refractivity contribution in [1.29, 1.82) is 0 Å². The Labute approximate surface area is 120 Å². The van der Waals surface area contributed by atoms with E-state index in [0.29, 0.717) is 10.8 Å². The minimum atomic E-state index is -3.12. The third-order valence-corrected chi connectivity index (χ3v) is 6.28. The monoisotopic (exact) mass is 286 g/mol. The van der Waals surface area contributed by atoms with Gasteiger partial charge in [0.2, 0.25) is 0 Å². The maximum absolute atomic E-state index is 12.4. The van der Waals surface area contributed by atoms with E-state index in [1.165, 1.54) is 5.56 Å². The van der Waals surface area contributed by atoms with E-state index in [-0.39, 0.29) is 5.25 Å². The fourth-order valence-electron chi connectivity index (χ4n) is 2.69. The molecule has 1 aliphatic rings. The van der Waals surface area contributed by atoms with Crippen molar-refractivity contribution in [2.75, 3.05) is 0 Å². The van der Waals surface area contributed by atoms with Gasteiger partial charge in [-0.2, -0.15) is 0 Å². The van der Waals surface area contributed by atoms with Crippen molar-refractivity contribution in [3.05, 3.63) is 66.2 Å². The first kappa shape index (κ1) is 13.4. The van der Waals surface area contributed by atoms with Gasteiger partial charge in [0.05, 0.1) is 10.1 Å². The molecule has 0 bridgehead atoms. The average Bonchev–Trinajstić information content (AvgIpc) is 3.28. The van der Waals surface area contributed by atoms with Gasteiger partial charge in [-0.1, -0.05) is 48.5 Å². The lowest BCUT2D eigenvalue weighted by Gasteiger charge is -2.04. The third-order valence-electron chi connectivity index (χ3n) is 3.97. The van der Waals surface area contributed by atoms with Gasteiger partial charge in [-0.05, 0) is 42.9 Å². The summed E-state index contributed by atoms with van der Waals surface area (Å²) < 4.78 is 24.8. The van der Waals surface area contributed by atoms with Crippen LogP contribution in [0.3, 0.4) is 0 Å². The molecule has 20 heavy (non-hydrogen) atoms. The highest BCUT2D eigenvalue weighted by Crippen LogP contribution is 2.43. The molecule has 0 aromatic heterocycles. The van der Waals surface area contributed by atoms with E-state index in [2.05, 4.69) is 12.1 Å². The van der Waals surface area contributed by atoms with E-state index in [1.54, 1.807) is 24.3 Å². The molecule has 0 amide bonds. The summed E-state index contributed by atoms with van der Waals surface area (Å²) in [6, 6.07) is 19.1. The van der Waals surface area contributed by atoms with Crippen LogP contribution in [0, 0.1) is 5.92 Å². The molecule has 2 aromatic rings. The van der Waals surface area contributed by atoms with E-state index in [4.69, 9.17) is 0 Å². The van der Waals surface area contributed by atoms with E-state index >= 15 is 0 Å². The molecule has 0 heterocycles. The first-order valence-corrected chi connectivity index (χ1v) is 8.55.